The summed E-state index contributed by atoms with van der Waals surface area (Å²) in [5.41, 5.74) is 1.87. The minimum atomic E-state index is -2.98. The highest BCUT2D eigenvalue weighted by molar-refractivity contribution is 7.91. The van der Waals surface area contributed by atoms with Crippen LogP contribution in [0.15, 0.2) is 18.2 Å². The van der Waals surface area contributed by atoms with E-state index in [-0.39, 0.29) is 23.5 Å². The van der Waals surface area contributed by atoms with Crippen LogP contribution >= 0.6 is 11.6 Å². The first-order chi connectivity index (χ1) is 10.8. The molecule has 1 saturated heterocycles. The van der Waals surface area contributed by atoms with Gasteiger partial charge in [-0.25, -0.2) is 8.42 Å². The van der Waals surface area contributed by atoms with Crippen molar-refractivity contribution in [1.29, 1.82) is 0 Å². The third-order valence-electron chi connectivity index (χ3n) is 4.23. The van der Waals surface area contributed by atoms with Gasteiger partial charge in [0.05, 0.1) is 11.5 Å². The molecule has 0 spiro atoms. The van der Waals surface area contributed by atoms with E-state index in [0.717, 1.165) is 11.3 Å². The number of anilines is 1. The van der Waals surface area contributed by atoms with E-state index < -0.39 is 9.84 Å². The molecule has 2 rings (SSSR count). The minimum absolute atomic E-state index is 0.0122. The molecule has 1 aromatic rings. The number of hydrogen-bond acceptors (Lipinski definition) is 4. The summed E-state index contributed by atoms with van der Waals surface area (Å²) >= 11 is 6.07. The number of carbonyl (C=O) groups is 1. The van der Waals surface area contributed by atoms with Crippen LogP contribution in [-0.2, 0) is 14.6 Å². The second-order valence-corrected chi connectivity index (χ2v) is 8.46. The lowest BCUT2D eigenvalue weighted by Gasteiger charge is -2.27. The summed E-state index contributed by atoms with van der Waals surface area (Å²) in [6, 6.07) is 5.44. The largest absolute Gasteiger partial charge is 0.384 e. The van der Waals surface area contributed by atoms with Crippen molar-refractivity contribution in [2.24, 2.45) is 0 Å². The van der Waals surface area contributed by atoms with E-state index in [9.17, 15) is 13.2 Å². The van der Waals surface area contributed by atoms with Crippen LogP contribution in [0.25, 0.3) is 0 Å². The van der Waals surface area contributed by atoms with Gasteiger partial charge >= 0.3 is 0 Å². The zero-order valence-corrected chi connectivity index (χ0v) is 15.1. The lowest BCUT2D eigenvalue weighted by atomic mass is 10.2. The van der Waals surface area contributed by atoms with Gasteiger partial charge in [0.25, 0.3) is 0 Å². The average Bonchev–Trinajstić information content (AvgIpc) is 2.84. The van der Waals surface area contributed by atoms with Crippen LogP contribution in [0.3, 0.4) is 0 Å². The van der Waals surface area contributed by atoms with Crippen molar-refractivity contribution in [1.82, 2.24) is 4.90 Å². The Bertz CT molecular complexity index is 676. The Kier molecular flexibility index (Phi) is 5.92. The Morgan fingerprint density at radius 1 is 1.43 bits per heavy atom. The van der Waals surface area contributed by atoms with Crippen molar-refractivity contribution in [3.8, 4) is 0 Å². The van der Waals surface area contributed by atoms with Crippen LogP contribution in [0, 0.1) is 6.92 Å². The first kappa shape index (κ1) is 18.1. The Hall–Kier alpha value is -1.27. The Balaban J connectivity index is 1.89. The van der Waals surface area contributed by atoms with E-state index in [2.05, 4.69) is 5.32 Å². The fourth-order valence-electron chi connectivity index (χ4n) is 2.91. The van der Waals surface area contributed by atoms with Crippen molar-refractivity contribution < 1.29 is 13.2 Å². The highest BCUT2D eigenvalue weighted by Gasteiger charge is 2.33. The monoisotopic (exact) mass is 358 g/mol. The lowest BCUT2D eigenvalue weighted by molar-refractivity contribution is -0.132. The molecule has 5 nitrogen and oxygen atoms in total. The first-order valence-electron chi connectivity index (χ1n) is 7.83. The molecular weight excluding hydrogens is 336 g/mol. The van der Waals surface area contributed by atoms with Crippen molar-refractivity contribution in [2.75, 3.05) is 29.9 Å². The Labute approximate surface area is 142 Å². The zero-order valence-electron chi connectivity index (χ0n) is 13.5. The first-order valence-corrected chi connectivity index (χ1v) is 10.0. The van der Waals surface area contributed by atoms with Gasteiger partial charge in [-0.15, -0.1) is 0 Å². The summed E-state index contributed by atoms with van der Waals surface area (Å²) < 4.78 is 23.2. The van der Waals surface area contributed by atoms with Crippen LogP contribution in [0.1, 0.15) is 25.3 Å². The van der Waals surface area contributed by atoms with Gasteiger partial charge in [0.15, 0.2) is 9.84 Å². The van der Waals surface area contributed by atoms with Crippen LogP contribution in [-0.4, -0.2) is 49.9 Å². The summed E-state index contributed by atoms with van der Waals surface area (Å²) in [6.45, 7) is 4.84. The SMILES string of the molecule is CCN(C(=O)CCNc1cccc(Cl)c1C)C1CCS(=O)(=O)C1. The zero-order chi connectivity index (χ0) is 17.0. The molecule has 1 heterocycles. The van der Waals surface area contributed by atoms with Gasteiger partial charge < -0.3 is 10.2 Å². The van der Waals surface area contributed by atoms with Gasteiger partial charge in [0.1, 0.15) is 0 Å². The smallest absolute Gasteiger partial charge is 0.224 e. The average molecular weight is 359 g/mol. The number of nitrogens with one attached hydrogen (secondary N) is 1. The fourth-order valence-corrected chi connectivity index (χ4v) is 4.81. The van der Waals surface area contributed by atoms with Crippen LogP contribution in [0.2, 0.25) is 5.02 Å². The molecule has 1 unspecified atom stereocenters. The quantitative estimate of drug-likeness (QED) is 0.848. The molecule has 128 valence electrons. The fraction of sp³-hybridized carbons (Fsp3) is 0.562. The number of hydrogen-bond donors (Lipinski definition) is 1. The van der Waals surface area contributed by atoms with Gasteiger partial charge in [-0.05, 0) is 38.0 Å². The van der Waals surface area contributed by atoms with E-state index in [1.54, 1.807) is 4.90 Å². The highest BCUT2D eigenvalue weighted by atomic mass is 35.5. The molecule has 0 bridgehead atoms. The number of amides is 1. The molecule has 1 atom stereocenters. The lowest BCUT2D eigenvalue weighted by Crippen LogP contribution is -2.41. The standard InChI is InChI=1S/C16H23ClN2O3S/c1-3-19(13-8-10-23(21,22)11-13)16(20)7-9-18-15-6-4-5-14(17)12(15)2/h4-6,13,18H,3,7-11H2,1-2H3. The summed E-state index contributed by atoms with van der Waals surface area (Å²) in [4.78, 5) is 14.1. The third-order valence-corrected chi connectivity index (χ3v) is 6.39. The van der Waals surface area contributed by atoms with Crippen LogP contribution in [0.4, 0.5) is 5.69 Å². The summed E-state index contributed by atoms with van der Waals surface area (Å²) in [5, 5.41) is 3.91. The maximum absolute atomic E-state index is 12.4. The maximum Gasteiger partial charge on any atom is 0.224 e. The summed E-state index contributed by atoms with van der Waals surface area (Å²) in [6.07, 6.45) is 0.874. The number of nitrogens with zero attached hydrogens (tertiary/aromatic N) is 1. The topological polar surface area (TPSA) is 66.5 Å². The highest BCUT2D eigenvalue weighted by Crippen LogP contribution is 2.23. The van der Waals surface area contributed by atoms with Gasteiger partial charge in [-0.1, -0.05) is 17.7 Å². The molecule has 0 aliphatic carbocycles. The summed E-state index contributed by atoms with van der Waals surface area (Å²) in [5.74, 6) is 0.260. The second kappa shape index (κ2) is 7.53. The van der Waals surface area contributed by atoms with E-state index in [1.165, 1.54) is 0 Å². The normalized spacial score (nSPS) is 19.5. The molecule has 1 fully saturated rings. The predicted octanol–water partition coefficient (Wildman–Crippen LogP) is 2.49. The molecule has 1 aliphatic heterocycles. The van der Waals surface area contributed by atoms with Crippen molar-refractivity contribution in [3.05, 3.63) is 28.8 Å². The number of carbonyl (C=O) groups excluding carboxylic acids is 1. The number of rotatable bonds is 6. The molecule has 23 heavy (non-hydrogen) atoms. The molecule has 1 aromatic carbocycles. The number of benzene rings is 1. The third kappa shape index (κ3) is 4.61. The number of halogens is 1. The van der Waals surface area contributed by atoms with E-state index in [4.69, 9.17) is 11.6 Å². The van der Waals surface area contributed by atoms with Crippen LogP contribution < -0.4 is 5.32 Å². The maximum atomic E-state index is 12.4. The molecule has 0 aromatic heterocycles. The molecule has 7 heteroatoms. The predicted molar refractivity (Wildman–Crippen MR) is 93.7 cm³/mol. The van der Waals surface area contributed by atoms with Gasteiger partial charge in [0, 0.05) is 36.3 Å². The molecule has 1 amide bonds. The van der Waals surface area contributed by atoms with Crippen molar-refractivity contribution in [3.63, 3.8) is 0 Å². The van der Waals surface area contributed by atoms with E-state index in [0.29, 0.717) is 31.0 Å². The van der Waals surface area contributed by atoms with Crippen LogP contribution in [0.5, 0.6) is 0 Å². The molecule has 1 aliphatic rings. The van der Waals surface area contributed by atoms with Crippen molar-refractivity contribution >= 4 is 33.0 Å². The molecular formula is C16H23ClN2O3S. The summed E-state index contributed by atoms with van der Waals surface area (Å²) in [7, 11) is -2.98. The second-order valence-electron chi connectivity index (χ2n) is 5.83. The van der Waals surface area contributed by atoms with E-state index in [1.807, 2.05) is 32.0 Å². The van der Waals surface area contributed by atoms with Gasteiger partial charge in [-0.2, -0.15) is 0 Å². The van der Waals surface area contributed by atoms with Gasteiger partial charge in [0.2, 0.25) is 5.91 Å². The molecule has 1 N–H and O–H groups in total. The molecule has 0 radical (unpaired) electrons. The van der Waals surface area contributed by atoms with E-state index >= 15 is 0 Å². The Morgan fingerprint density at radius 3 is 2.78 bits per heavy atom. The number of sulfone groups is 1. The Morgan fingerprint density at radius 2 is 2.17 bits per heavy atom. The minimum Gasteiger partial charge on any atom is -0.384 e. The van der Waals surface area contributed by atoms with Gasteiger partial charge in [-0.3, -0.25) is 4.79 Å². The van der Waals surface area contributed by atoms with Crippen molar-refractivity contribution in [2.45, 2.75) is 32.7 Å². The molecule has 0 saturated carbocycles.